The van der Waals surface area contributed by atoms with Crippen LogP contribution in [-0.2, 0) is 16.6 Å². The van der Waals surface area contributed by atoms with Crippen molar-refractivity contribution in [2.24, 2.45) is 0 Å². The maximum Gasteiger partial charge on any atom is 0.264 e. The van der Waals surface area contributed by atoms with Crippen LogP contribution in [0.5, 0.6) is 5.75 Å². The fraction of sp³-hybridized carbons (Fsp3) is 0.176. The highest BCUT2D eigenvalue weighted by Gasteiger charge is 2.24. The first kappa shape index (κ1) is 29.3. The van der Waals surface area contributed by atoms with E-state index in [0.29, 0.717) is 49.5 Å². The molecule has 2 heterocycles. The molecule has 5 aromatic rings. The number of rotatable bonds is 8. The van der Waals surface area contributed by atoms with Gasteiger partial charge in [0.25, 0.3) is 15.9 Å². The highest BCUT2D eigenvalue weighted by molar-refractivity contribution is 7.93. The molecule has 0 atom stereocenters. The van der Waals surface area contributed by atoms with Crippen LogP contribution in [-0.4, -0.2) is 62.4 Å². The fourth-order valence-electron chi connectivity index (χ4n) is 5.48. The van der Waals surface area contributed by atoms with Crippen molar-refractivity contribution in [3.8, 4) is 16.9 Å². The molecule has 0 aliphatic carbocycles. The summed E-state index contributed by atoms with van der Waals surface area (Å²) >= 11 is 0. The average molecular weight is 611 g/mol. The van der Waals surface area contributed by atoms with Gasteiger partial charge in [-0.2, -0.15) is 0 Å². The summed E-state index contributed by atoms with van der Waals surface area (Å²) in [5.74, 6) is -0.303. The lowest BCUT2D eigenvalue weighted by molar-refractivity contribution is 0.0628. The van der Waals surface area contributed by atoms with Crippen molar-refractivity contribution in [1.82, 2.24) is 14.8 Å². The smallest absolute Gasteiger partial charge is 0.264 e. The molecule has 8 nitrogen and oxygen atoms in total. The van der Waals surface area contributed by atoms with Crippen LogP contribution in [0.15, 0.2) is 108 Å². The van der Waals surface area contributed by atoms with Gasteiger partial charge in [-0.05, 0) is 65.2 Å². The number of ether oxygens (including phenoxy) is 1. The van der Waals surface area contributed by atoms with Gasteiger partial charge in [-0.15, -0.1) is 0 Å². The molecule has 4 aromatic carbocycles. The monoisotopic (exact) mass is 610 g/mol. The maximum atomic E-state index is 14.1. The zero-order valence-electron chi connectivity index (χ0n) is 24.1. The Hall–Kier alpha value is -4.80. The number of carbonyl (C=O) groups excluding carboxylic acids is 1. The van der Waals surface area contributed by atoms with E-state index in [1.54, 1.807) is 59.6 Å². The largest absolute Gasteiger partial charge is 0.494 e. The number of nitrogens with zero attached hydrogens (tertiary/aromatic N) is 3. The Bertz CT molecular complexity index is 1910. The van der Waals surface area contributed by atoms with Crippen molar-refractivity contribution in [3.05, 3.63) is 120 Å². The number of carbonyl (C=O) groups is 1. The van der Waals surface area contributed by atoms with Gasteiger partial charge >= 0.3 is 0 Å². The van der Waals surface area contributed by atoms with Crippen LogP contribution in [0.2, 0.25) is 0 Å². The summed E-state index contributed by atoms with van der Waals surface area (Å²) in [7, 11) is -2.54. The molecule has 1 N–H and O–H groups in total. The number of piperazine rings is 1. The number of anilines is 1. The fourth-order valence-corrected chi connectivity index (χ4v) is 6.70. The summed E-state index contributed by atoms with van der Waals surface area (Å²) in [6.45, 7) is 2.96. The molecular weight excluding hydrogens is 579 g/mol. The van der Waals surface area contributed by atoms with E-state index in [2.05, 4.69) is 14.6 Å². The summed E-state index contributed by atoms with van der Waals surface area (Å²) in [5, 5.41) is 0.735. The Kier molecular flexibility index (Phi) is 8.28. The first-order valence-electron chi connectivity index (χ1n) is 14.2. The number of fused-ring (bicyclic) bond motifs is 1. The molecule has 0 bridgehead atoms. The predicted molar refractivity (Wildman–Crippen MR) is 169 cm³/mol. The normalized spacial score (nSPS) is 14.0. The van der Waals surface area contributed by atoms with Gasteiger partial charge in [0, 0.05) is 55.6 Å². The summed E-state index contributed by atoms with van der Waals surface area (Å²) in [4.78, 5) is 21.6. The van der Waals surface area contributed by atoms with Gasteiger partial charge < -0.3 is 9.64 Å². The molecule has 10 heteroatoms. The minimum atomic E-state index is -3.97. The molecule has 1 aliphatic rings. The SMILES string of the molecule is COc1ccc(CN2CCN(C(=O)c3ccc(NS(=O)(=O)c4ccc(-c5ccccc5)c5cccnc45)cc3)CC2)cc1F. The van der Waals surface area contributed by atoms with Gasteiger partial charge in [0.2, 0.25) is 0 Å². The van der Waals surface area contributed by atoms with Gasteiger partial charge in [-0.1, -0.05) is 48.5 Å². The molecule has 1 amide bonds. The highest BCUT2D eigenvalue weighted by Crippen LogP contribution is 2.32. The Morgan fingerprint density at radius 1 is 0.909 bits per heavy atom. The highest BCUT2D eigenvalue weighted by atomic mass is 32.2. The average Bonchev–Trinajstić information content (AvgIpc) is 3.05. The van der Waals surface area contributed by atoms with Crippen LogP contribution in [0.25, 0.3) is 22.0 Å². The van der Waals surface area contributed by atoms with Crippen molar-refractivity contribution in [2.45, 2.75) is 11.4 Å². The van der Waals surface area contributed by atoms with Gasteiger partial charge in [-0.3, -0.25) is 19.4 Å². The number of sulfonamides is 1. The molecule has 1 fully saturated rings. The number of hydrogen-bond acceptors (Lipinski definition) is 6. The topological polar surface area (TPSA) is 91.8 Å². The molecular formula is C34H31FN4O4S. The Morgan fingerprint density at radius 3 is 2.36 bits per heavy atom. The van der Waals surface area contributed by atoms with Crippen LogP contribution < -0.4 is 9.46 Å². The number of amides is 1. The van der Waals surface area contributed by atoms with E-state index >= 15 is 0 Å². The maximum absolute atomic E-state index is 14.1. The molecule has 224 valence electrons. The van der Waals surface area contributed by atoms with Crippen molar-refractivity contribution in [2.75, 3.05) is 38.0 Å². The summed E-state index contributed by atoms with van der Waals surface area (Å²) in [6, 6.07) is 28.1. The van der Waals surface area contributed by atoms with Crippen molar-refractivity contribution in [1.29, 1.82) is 0 Å². The van der Waals surface area contributed by atoms with Crippen LogP contribution >= 0.6 is 0 Å². The van der Waals surface area contributed by atoms with Gasteiger partial charge in [0.15, 0.2) is 11.6 Å². The number of pyridine rings is 1. The van der Waals surface area contributed by atoms with E-state index < -0.39 is 15.8 Å². The molecule has 0 saturated carbocycles. The van der Waals surface area contributed by atoms with Crippen molar-refractivity contribution in [3.63, 3.8) is 0 Å². The third kappa shape index (κ3) is 6.13. The molecule has 1 aliphatic heterocycles. The van der Waals surface area contributed by atoms with Crippen molar-refractivity contribution < 1.29 is 22.3 Å². The Balaban J connectivity index is 1.11. The standard InChI is InChI=1S/C34H31FN4O4S/c1-43-31-15-9-24(22-30(31)35)23-38-18-20-39(21-19-38)34(40)26-10-12-27(13-11-26)37-44(41,42)32-16-14-28(25-6-3-2-4-7-25)29-8-5-17-36-33(29)32/h2-17,22,37H,18-21,23H2,1H3. The zero-order valence-corrected chi connectivity index (χ0v) is 24.9. The van der Waals surface area contributed by atoms with E-state index in [4.69, 9.17) is 4.74 Å². The second-order valence-corrected chi connectivity index (χ2v) is 12.2. The number of methoxy groups -OCH3 is 1. The lowest BCUT2D eigenvalue weighted by Gasteiger charge is -2.34. The Labute approximate surface area is 255 Å². The molecule has 0 unspecified atom stereocenters. The second-order valence-electron chi connectivity index (χ2n) is 10.6. The van der Waals surface area contributed by atoms with Gasteiger partial charge in [-0.25, -0.2) is 12.8 Å². The van der Waals surface area contributed by atoms with Crippen LogP contribution in [0.3, 0.4) is 0 Å². The second kappa shape index (κ2) is 12.4. The summed E-state index contributed by atoms with van der Waals surface area (Å²) in [5.41, 5.74) is 3.90. The van der Waals surface area contributed by atoms with Crippen molar-refractivity contribution >= 4 is 32.5 Å². The number of nitrogens with one attached hydrogen (secondary N) is 1. The third-order valence-corrected chi connectivity index (χ3v) is 9.19. The van der Waals surface area contributed by atoms with Crippen LogP contribution in [0, 0.1) is 5.82 Å². The number of benzene rings is 4. The van der Waals surface area contributed by atoms with E-state index in [-0.39, 0.29) is 16.6 Å². The minimum Gasteiger partial charge on any atom is -0.494 e. The van der Waals surface area contributed by atoms with Gasteiger partial charge in [0.1, 0.15) is 4.90 Å². The zero-order chi connectivity index (χ0) is 30.7. The van der Waals surface area contributed by atoms with Gasteiger partial charge in [0.05, 0.1) is 12.6 Å². The lowest BCUT2D eigenvalue weighted by atomic mass is 10.0. The first-order chi connectivity index (χ1) is 21.3. The van der Waals surface area contributed by atoms with Crippen LogP contribution in [0.1, 0.15) is 15.9 Å². The number of aromatic nitrogens is 1. The lowest BCUT2D eigenvalue weighted by Crippen LogP contribution is -2.48. The molecule has 6 rings (SSSR count). The summed E-state index contributed by atoms with van der Waals surface area (Å²) < 4.78 is 48.7. The number of hydrogen-bond donors (Lipinski definition) is 1. The molecule has 44 heavy (non-hydrogen) atoms. The predicted octanol–water partition coefficient (Wildman–Crippen LogP) is 5.81. The quantitative estimate of drug-likeness (QED) is 0.239. The minimum absolute atomic E-state index is 0.0724. The van der Waals surface area contributed by atoms with E-state index in [9.17, 15) is 17.6 Å². The Morgan fingerprint density at radius 2 is 1.66 bits per heavy atom. The number of halogens is 1. The van der Waals surface area contributed by atoms with Crippen LogP contribution in [0.4, 0.5) is 10.1 Å². The molecule has 0 radical (unpaired) electrons. The molecule has 0 spiro atoms. The molecule has 1 saturated heterocycles. The van der Waals surface area contributed by atoms with E-state index in [1.807, 2.05) is 42.5 Å². The molecule has 1 aromatic heterocycles. The third-order valence-electron chi connectivity index (χ3n) is 7.77. The summed E-state index contributed by atoms with van der Waals surface area (Å²) in [6.07, 6.45) is 1.58. The van der Waals surface area contributed by atoms with E-state index in [1.165, 1.54) is 13.2 Å². The van der Waals surface area contributed by atoms with E-state index in [0.717, 1.165) is 22.1 Å². The first-order valence-corrected chi connectivity index (χ1v) is 15.7.